The third-order valence-electron chi connectivity index (χ3n) is 2.43. The minimum atomic E-state index is -0.936. The average Bonchev–Trinajstić information content (AvgIpc) is 2.70. The van der Waals surface area contributed by atoms with Crippen LogP contribution in [-0.4, -0.2) is 35.0 Å². The first-order valence-corrected chi connectivity index (χ1v) is 5.60. The first-order valence-electron chi connectivity index (χ1n) is 5.22. The fourth-order valence-electron chi connectivity index (χ4n) is 1.38. The number of rotatable bonds is 5. The fraction of sp³-hybridized carbons (Fsp3) is 0.455. The first-order chi connectivity index (χ1) is 7.97. The number of carboxylic acids is 1. The zero-order valence-electron chi connectivity index (χ0n) is 9.64. The summed E-state index contributed by atoms with van der Waals surface area (Å²) in [7, 11) is 0. The minimum Gasteiger partial charge on any atom is -0.481 e. The Morgan fingerprint density at radius 3 is 2.65 bits per heavy atom. The highest BCUT2D eigenvalue weighted by molar-refractivity contribution is 6.32. The summed E-state index contributed by atoms with van der Waals surface area (Å²) in [5.74, 6) is -1.88. The molecule has 0 saturated carbocycles. The number of carbonyl (C=O) groups excluding carboxylic acids is 1. The number of aliphatic carboxylic acids is 1. The molecule has 1 rings (SSSR count). The molecule has 1 atom stereocenters. The monoisotopic (exact) mass is 259 g/mol. The van der Waals surface area contributed by atoms with E-state index in [4.69, 9.17) is 21.1 Å². The molecule has 0 spiro atoms. The van der Waals surface area contributed by atoms with Crippen molar-refractivity contribution in [2.75, 3.05) is 13.1 Å². The Bertz CT molecular complexity index is 415. The molecule has 0 aromatic carbocycles. The fourth-order valence-corrected chi connectivity index (χ4v) is 1.58. The Morgan fingerprint density at radius 2 is 2.24 bits per heavy atom. The highest BCUT2D eigenvalue weighted by Gasteiger charge is 2.23. The van der Waals surface area contributed by atoms with E-state index >= 15 is 0 Å². The maximum atomic E-state index is 12.0. The van der Waals surface area contributed by atoms with Crippen molar-refractivity contribution in [1.29, 1.82) is 0 Å². The van der Waals surface area contributed by atoms with Crippen LogP contribution in [0.5, 0.6) is 0 Å². The molecule has 0 saturated heterocycles. The lowest BCUT2D eigenvalue weighted by molar-refractivity contribution is -0.141. The Morgan fingerprint density at radius 1 is 1.59 bits per heavy atom. The number of hydrogen-bond acceptors (Lipinski definition) is 3. The van der Waals surface area contributed by atoms with Crippen LogP contribution in [0.1, 0.15) is 24.2 Å². The lowest BCUT2D eigenvalue weighted by Gasteiger charge is -2.22. The predicted octanol–water partition coefficient (Wildman–Crippen LogP) is 2.12. The van der Waals surface area contributed by atoms with Gasteiger partial charge < -0.3 is 14.4 Å². The van der Waals surface area contributed by atoms with Gasteiger partial charge in [0.1, 0.15) is 0 Å². The van der Waals surface area contributed by atoms with E-state index in [9.17, 15) is 9.59 Å². The summed E-state index contributed by atoms with van der Waals surface area (Å²) in [6.45, 7) is 3.89. The van der Waals surface area contributed by atoms with E-state index in [1.165, 1.54) is 17.2 Å². The largest absolute Gasteiger partial charge is 0.481 e. The SMILES string of the molecule is CCN(CC(C)C(=O)O)C(=O)c1ccoc1Cl. The van der Waals surface area contributed by atoms with Crippen molar-refractivity contribution in [2.24, 2.45) is 5.92 Å². The average molecular weight is 260 g/mol. The molecule has 1 heterocycles. The van der Waals surface area contributed by atoms with Crippen molar-refractivity contribution in [3.63, 3.8) is 0 Å². The minimum absolute atomic E-state index is 0.0245. The number of halogens is 1. The zero-order valence-corrected chi connectivity index (χ0v) is 10.4. The molecule has 1 N–H and O–H groups in total. The van der Waals surface area contributed by atoms with Gasteiger partial charge in [0.05, 0.1) is 17.7 Å². The molecule has 0 fully saturated rings. The molecule has 0 bridgehead atoms. The number of carbonyl (C=O) groups is 2. The zero-order chi connectivity index (χ0) is 13.0. The van der Waals surface area contributed by atoms with Gasteiger partial charge in [0, 0.05) is 13.1 Å². The van der Waals surface area contributed by atoms with Crippen molar-refractivity contribution >= 4 is 23.5 Å². The van der Waals surface area contributed by atoms with Crippen LogP contribution < -0.4 is 0 Å². The van der Waals surface area contributed by atoms with Crippen molar-refractivity contribution < 1.29 is 19.1 Å². The van der Waals surface area contributed by atoms with E-state index in [0.29, 0.717) is 6.54 Å². The van der Waals surface area contributed by atoms with Crippen molar-refractivity contribution in [1.82, 2.24) is 4.90 Å². The standard InChI is InChI=1S/C11H14ClNO4/c1-3-13(6-7(2)11(15)16)10(14)8-4-5-17-9(8)12/h4-5,7H,3,6H2,1-2H3,(H,15,16). The molecule has 0 aliphatic carbocycles. The van der Waals surface area contributed by atoms with Crippen LogP contribution in [0.3, 0.4) is 0 Å². The second-order valence-corrected chi connectivity index (χ2v) is 4.03. The quantitative estimate of drug-likeness (QED) is 0.879. The van der Waals surface area contributed by atoms with Gasteiger partial charge >= 0.3 is 5.97 Å². The van der Waals surface area contributed by atoms with E-state index in [0.717, 1.165) is 0 Å². The van der Waals surface area contributed by atoms with Crippen LogP contribution in [-0.2, 0) is 4.79 Å². The molecule has 17 heavy (non-hydrogen) atoms. The molecule has 0 aliphatic rings. The lowest BCUT2D eigenvalue weighted by atomic mass is 10.1. The normalized spacial score (nSPS) is 12.2. The molecule has 1 amide bonds. The van der Waals surface area contributed by atoms with Gasteiger partial charge in [-0.2, -0.15) is 0 Å². The van der Waals surface area contributed by atoms with Gasteiger partial charge in [0.2, 0.25) is 5.22 Å². The molecule has 6 heteroatoms. The molecule has 1 unspecified atom stereocenters. The number of furan rings is 1. The Hall–Kier alpha value is -1.49. The molecule has 94 valence electrons. The molecular weight excluding hydrogens is 246 g/mol. The second-order valence-electron chi connectivity index (χ2n) is 3.69. The number of amides is 1. The second kappa shape index (κ2) is 5.72. The summed E-state index contributed by atoms with van der Waals surface area (Å²) in [5, 5.41) is 8.84. The molecule has 1 aromatic heterocycles. The van der Waals surface area contributed by atoms with Crippen molar-refractivity contribution in [2.45, 2.75) is 13.8 Å². The number of nitrogens with zero attached hydrogens (tertiary/aromatic N) is 1. The van der Waals surface area contributed by atoms with Gasteiger partial charge in [0.15, 0.2) is 0 Å². The third-order valence-corrected chi connectivity index (χ3v) is 2.73. The lowest BCUT2D eigenvalue weighted by Crippen LogP contribution is -2.36. The van der Waals surface area contributed by atoms with E-state index < -0.39 is 11.9 Å². The van der Waals surface area contributed by atoms with Gasteiger partial charge in [-0.25, -0.2) is 0 Å². The summed E-state index contributed by atoms with van der Waals surface area (Å²) in [4.78, 5) is 24.2. The van der Waals surface area contributed by atoms with Gasteiger partial charge in [-0.3, -0.25) is 9.59 Å². The van der Waals surface area contributed by atoms with Crippen LogP contribution in [0.25, 0.3) is 0 Å². The van der Waals surface area contributed by atoms with Crippen LogP contribution in [0.2, 0.25) is 5.22 Å². The Labute approximate surface area is 104 Å². The van der Waals surface area contributed by atoms with E-state index in [1.54, 1.807) is 13.8 Å². The number of carboxylic acid groups (broad SMARTS) is 1. The smallest absolute Gasteiger partial charge is 0.308 e. The maximum Gasteiger partial charge on any atom is 0.308 e. The predicted molar refractivity (Wildman–Crippen MR) is 62.1 cm³/mol. The van der Waals surface area contributed by atoms with Gasteiger partial charge in [-0.05, 0) is 24.6 Å². The molecule has 0 radical (unpaired) electrons. The van der Waals surface area contributed by atoms with Crippen molar-refractivity contribution in [3.05, 3.63) is 23.1 Å². The van der Waals surface area contributed by atoms with Crippen LogP contribution >= 0.6 is 11.6 Å². The number of hydrogen-bond donors (Lipinski definition) is 1. The van der Waals surface area contributed by atoms with Gasteiger partial charge in [0.25, 0.3) is 5.91 Å². The van der Waals surface area contributed by atoms with Crippen LogP contribution in [0.4, 0.5) is 0 Å². The topological polar surface area (TPSA) is 70.8 Å². The third kappa shape index (κ3) is 3.23. The van der Waals surface area contributed by atoms with Crippen LogP contribution in [0.15, 0.2) is 16.7 Å². The molecule has 1 aromatic rings. The van der Waals surface area contributed by atoms with E-state index in [2.05, 4.69) is 0 Å². The highest BCUT2D eigenvalue weighted by atomic mass is 35.5. The van der Waals surface area contributed by atoms with Crippen LogP contribution in [0, 0.1) is 5.92 Å². The van der Waals surface area contributed by atoms with Crippen molar-refractivity contribution in [3.8, 4) is 0 Å². The Kier molecular flexibility index (Phi) is 4.57. The first kappa shape index (κ1) is 13.6. The highest BCUT2D eigenvalue weighted by Crippen LogP contribution is 2.19. The summed E-state index contributed by atoms with van der Waals surface area (Å²) in [6.07, 6.45) is 1.32. The molecular formula is C11H14ClNO4. The molecule has 5 nitrogen and oxygen atoms in total. The van der Waals surface area contributed by atoms with E-state index in [-0.39, 0.29) is 23.2 Å². The van der Waals surface area contributed by atoms with Gasteiger partial charge in [-0.1, -0.05) is 6.92 Å². The summed E-state index contributed by atoms with van der Waals surface area (Å²) in [5.41, 5.74) is 0.256. The van der Waals surface area contributed by atoms with E-state index in [1.807, 2.05) is 0 Å². The maximum absolute atomic E-state index is 12.0. The summed E-state index contributed by atoms with van der Waals surface area (Å²) >= 11 is 5.70. The Balaban J connectivity index is 2.78. The summed E-state index contributed by atoms with van der Waals surface area (Å²) < 4.78 is 4.83. The van der Waals surface area contributed by atoms with Gasteiger partial charge in [-0.15, -0.1) is 0 Å². The summed E-state index contributed by atoms with van der Waals surface area (Å²) in [6, 6.07) is 1.47. The molecule has 0 aliphatic heterocycles.